The van der Waals surface area contributed by atoms with E-state index >= 15 is 0 Å². The number of carbonyl (C=O) groups excluding carboxylic acids is 1. The molecule has 0 bridgehead atoms. The molecule has 0 unspecified atom stereocenters. The summed E-state index contributed by atoms with van der Waals surface area (Å²) in [6.07, 6.45) is 6.99. The summed E-state index contributed by atoms with van der Waals surface area (Å²) in [5.74, 6) is 0.0546. The first-order valence-corrected chi connectivity index (χ1v) is 8.30. The van der Waals surface area contributed by atoms with Gasteiger partial charge in [0, 0.05) is 17.0 Å². The Bertz CT molecular complexity index is 642. The van der Waals surface area contributed by atoms with E-state index in [4.69, 9.17) is 4.84 Å². The third-order valence-corrected chi connectivity index (χ3v) is 4.66. The van der Waals surface area contributed by atoms with E-state index in [2.05, 4.69) is 22.5 Å². The molecule has 0 spiro atoms. The zero-order valence-electron chi connectivity index (χ0n) is 12.9. The van der Waals surface area contributed by atoms with Crippen molar-refractivity contribution >= 4 is 23.0 Å². The first-order chi connectivity index (χ1) is 10.5. The minimum atomic E-state index is -0.410. The average Bonchev–Trinajstić information content (AvgIpc) is 3.11. The highest BCUT2D eigenvalue weighted by molar-refractivity contribution is 7.09. The average molecular weight is 316 g/mol. The second kappa shape index (κ2) is 6.18. The molecule has 1 fully saturated rings. The summed E-state index contributed by atoms with van der Waals surface area (Å²) < 4.78 is 0. The lowest BCUT2D eigenvalue weighted by atomic mass is 9.94. The summed E-state index contributed by atoms with van der Waals surface area (Å²) in [6, 6.07) is 4.14. The van der Waals surface area contributed by atoms with Crippen LogP contribution in [0.1, 0.15) is 25.1 Å². The SMILES string of the molecule is CC1(C)CON(CC2=CCC(=NCc3cccs3)C=C2)C1=O. The summed E-state index contributed by atoms with van der Waals surface area (Å²) in [6.45, 7) is 5.53. The van der Waals surface area contributed by atoms with Gasteiger partial charge in [-0.3, -0.25) is 14.6 Å². The first-order valence-electron chi connectivity index (χ1n) is 7.42. The predicted molar refractivity (Wildman–Crippen MR) is 88.7 cm³/mol. The number of aliphatic imine (C=N–C) groups is 1. The van der Waals surface area contributed by atoms with Gasteiger partial charge in [-0.1, -0.05) is 18.2 Å². The van der Waals surface area contributed by atoms with Gasteiger partial charge in [0.1, 0.15) is 0 Å². The fourth-order valence-electron chi connectivity index (χ4n) is 2.37. The van der Waals surface area contributed by atoms with Crippen molar-refractivity contribution in [3.8, 4) is 0 Å². The Balaban J connectivity index is 1.55. The number of carbonyl (C=O) groups is 1. The van der Waals surface area contributed by atoms with Crippen LogP contribution >= 0.6 is 11.3 Å². The summed E-state index contributed by atoms with van der Waals surface area (Å²) in [7, 11) is 0. The molecule has 1 aromatic rings. The Kier molecular flexibility index (Phi) is 4.27. The molecule has 0 saturated carbocycles. The van der Waals surface area contributed by atoms with E-state index in [0.717, 1.165) is 24.3 Å². The van der Waals surface area contributed by atoms with Crippen LogP contribution in [0.2, 0.25) is 0 Å². The van der Waals surface area contributed by atoms with Crippen molar-refractivity contribution in [3.63, 3.8) is 0 Å². The molecule has 5 heteroatoms. The van der Waals surface area contributed by atoms with Crippen LogP contribution in [0.3, 0.4) is 0 Å². The summed E-state index contributed by atoms with van der Waals surface area (Å²) in [5.41, 5.74) is 1.76. The predicted octanol–water partition coefficient (Wildman–Crippen LogP) is 3.38. The zero-order valence-corrected chi connectivity index (χ0v) is 13.7. The van der Waals surface area contributed by atoms with Crippen LogP contribution in [0.15, 0.2) is 46.3 Å². The normalized spacial score (nSPS) is 22.5. The third-order valence-electron chi connectivity index (χ3n) is 3.79. The van der Waals surface area contributed by atoms with Gasteiger partial charge in [-0.25, -0.2) is 5.06 Å². The first kappa shape index (κ1) is 15.2. The van der Waals surface area contributed by atoms with Gasteiger partial charge in [0.15, 0.2) is 0 Å². The van der Waals surface area contributed by atoms with Crippen molar-refractivity contribution in [2.45, 2.75) is 26.8 Å². The van der Waals surface area contributed by atoms with Gasteiger partial charge in [-0.05, 0) is 36.9 Å². The van der Waals surface area contributed by atoms with E-state index in [1.54, 1.807) is 11.3 Å². The van der Waals surface area contributed by atoms with Crippen LogP contribution in [0.5, 0.6) is 0 Å². The number of hydroxylamine groups is 2. The van der Waals surface area contributed by atoms with Crippen LogP contribution in [-0.2, 0) is 16.2 Å². The lowest BCUT2D eigenvalue weighted by Gasteiger charge is -2.18. The lowest BCUT2D eigenvalue weighted by Crippen LogP contribution is -2.32. The summed E-state index contributed by atoms with van der Waals surface area (Å²) >= 11 is 1.73. The smallest absolute Gasteiger partial charge is 0.254 e. The molecule has 1 aliphatic carbocycles. The van der Waals surface area contributed by atoms with Crippen molar-refractivity contribution in [1.82, 2.24) is 5.06 Å². The summed E-state index contributed by atoms with van der Waals surface area (Å²) in [5, 5.41) is 3.54. The van der Waals surface area contributed by atoms with Crippen molar-refractivity contribution in [2.75, 3.05) is 13.2 Å². The molecule has 116 valence electrons. The van der Waals surface area contributed by atoms with E-state index in [1.807, 2.05) is 32.1 Å². The standard InChI is InChI=1S/C17H20N2O2S/c1-17(2)12-21-19(16(17)20)11-13-5-7-14(8-6-13)18-10-15-4-3-9-22-15/h3-7,9H,8,10-12H2,1-2H3. The quantitative estimate of drug-likeness (QED) is 0.854. The molecular weight excluding hydrogens is 296 g/mol. The molecule has 3 rings (SSSR count). The highest BCUT2D eigenvalue weighted by Crippen LogP contribution is 2.27. The molecule has 0 aromatic carbocycles. The van der Waals surface area contributed by atoms with E-state index < -0.39 is 5.41 Å². The molecule has 0 atom stereocenters. The van der Waals surface area contributed by atoms with Crippen LogP contribution in [0.25, 0.3) is 0 Å². The minimum absolute atomic E-state index is 0.0546. The monoisotopic (exact) mass is 316 g/mol. The highest BCUT2D eigenvalue weighted by Gasteiger charge is 2.40. The largest absolute Gasteiger partial charge is 0.284 e. The van der Waals surface area contributed by atoms with Crippen LogP contribution < -0.4 is 0 Å². The third kappa shape index (κ3) is 3.36. The Hall–Kier alpha value is -1.72. The molecule has 22 heavy (non-hydrogen) atoms. The number of nitrogens with zero attached hydrogens (tertiary/aromatic N) is 2. The fourth-order valence-corrected chi connectivity index (χ4v) is 3.00. The number of allylic oxidation sites excluding steroid dienone is 2. The van der Waals surface area contributed by atoms with Crippen molar-refractivity contribution in [3.05, 3.63) is 46.2 Å². The molecular formula is C17H20N2O2S. The summed E-state index contributed by atoms with van der Waals surface area (Å²) in [4.78, 5) is 23.5. The number of hydrogen-bond acceptors (Lipinski definition) is 4. The van der Waals surface area contributed by atoms with Crippen LogP contribution in [-0.4, -0.2) is 29.8 Å². The minimum Gasteiger partial charge on any atom is -0.284 e. The molecule has 1 amide bonds. The van der Waals surface area contributed by atoms with Gasteiger partial charge in [0.2, 0.25) is 0 Å². The Morgan fingerprint density at radius 3 is 2.86 bits per heavy atom. The lowest BCUT2D eigenvalue weighted by molar-refractivity contribution is -0.159. The maximum absolute atomic E-state index is 12.1. The zero-order chi connectivity index (χ0) is 15.6. The maximum atomic E-state index is 12.1. The molecule has 1 aromatic heterocycles. The molecule has 4 nitrogen and oxygen atoms in total. The molecule has 1 aliphatic heterocycles. The molecule has 0 radical (unpaired) electrons. The van der Waals surface area contributed by atoms with E-state index in [-0.39, 0.29) is 5.91 Å². The number of rotatable bonds is 4. The van der Waals surface area contributed by atoms with Gasteiger partial charge in [-0.15, -0.1) is 11.3 Å². The van der Waals surface area contributed by atoms with Gasteiger partial charge in [0.05, 0.1) is 25.1 Å². The number of thiophene rings is 1. The van der Waals surface area contributed by atoms with Gasteiger partial charge >= 0.3 is 0 Å². The molecule has 2 heterocycles. The Morgan fingerprint density at radius 1 is 1.41 bits per heavy atom. The Morgan fingerprint density at radius 2 is 2.27 bits per heavy atom. The molecule has 0 N–H and O–H groups in total. The van der Waals surface area contributed by atoms with Crippen LogP contribution in [0.4, 0.5) is 0 Å². The molecule has 2 aliphatic rings. The van der Waals surface area contributed by atoms with E-state index in [0.29, 0.717) is 13.2 Å². The molecule has 1 saturated heterocycles. The second-order valence-electron chi connectivity index (χ2n) is 6.20. The number of hydrogen-bond donors (Lipinski definition) is 0. The van der Waals surface area contributed by atoms with E-state index in [9.17, 15) is 4.79 Å². The van der Waals surface area contributed by atoms with Gasteiger partial charge in [-0.2, -0.15) is 0 Å². The van der Waals surface area contributed by atoms with Crippen molar-refractivity contribution < 1.29 is 9.63 Å². The Labute approximate surface area is 134 Å². The van der Waals surface area contributed by atoms with Crippen molar-refractivity contribution in [2.24, 2.45) is 10.4 Å². The van der Waals surface area contributed by atoms with Crippen LogP contribution in [0, 0.1) is 5.41 Å². The number of amides is 1. The van der Waals surface area contributed by atoms with Gasteiger partial charge < -0.3 is 0 Å². The highest BCUT2D eigenvalue weighted by atomic mass is 32.1. The van der Waals surface area contributed by atoms with Gasteiger partial charge in [0.25, 0.3) is 5.91 Å². The maximum Gasteiger partial charge on any atom is 0.254 e. The second-order valence-corrected chi connectivity index (χ2v) is 7.23. The van der Waals surface area contributed by atoms with E-state index in [1.165, 1.54) is 9.94 Å². The topological polar surface area (TPSA) is 41.9 Å². The fraction of sp³-hybridized carbons (Fsp3) is 0.412. The van der Waals surface area contributed by atoms with Crippen molar-refractivity contribution in [1.29, 1.82) is 0 Å².